The number of benzene rings is 1. The number of pyridine rings is 1. The standard InChI is InChI=1S/C16H14N6O3/c1-10(14-19-20-21-22(14)12-5-3-2-4-6-12)18-15(23)13-8-7-11(9-17-13)16(24)25/h2-10H,1H3,(H,18,23)(H,24,25). The Bertz CT molecular complexity index is 892. The van der Waals surface area contributed by atoms with E-state index in [1.54, 1.807) is 6.92 Å². The van der Waals surface area contributed by atoms with Crippen LogP contribution in [0, 0.1) is 0 Å². The number of amides is 1. The summed E-state index contributed by atoms with van der Waals surface area (Å²) in [6, 6.07) is 11.5. The van der Waals surface area contributed by atoms with Crippen LogP contribution in [0.3, 0.4) is 0 Å². The molecule has 0 aliphatic rings. The molecule has 0 saturated heterocycles. The van der Waals surface area contributed by atoms with E-state index in [1.807, 2.05) is 30.3 Å². The number of carboxylic acid groups (broad SMARTS) is 1. The highest BCUT2D eigenvalue weighted by molar-refractivity contribution is 5.93. The van der Waals surface area contributed by atoms with Gasteiger partial charge in [0.1, 0.15) is 5.69 Å². The van der Waals surface area contributed by atoms with Gasteiger partial charge in [0.05, 0.1) is 17.3 Å². The van der Waals surface area contributed by atoms with E-state index >= 15 is 0 Å². The number of hydrogen-bond acceptors (Lipinski definition) is 6. The lowest BCUT2D eigenvalue weighted by molar-refractivity contribution is 0.0695. The van der Waals surface area contributed by atoms with E-state index in [-0.39, 0.29) is 11.3 Å². The molecule has 1 atom stereocenters. The summed E-state index contributed by atoms with van der Waals surface area (Å²) in [6.45, 7) is 1.74. The highest BCUT2D eigenvalue weighted by atomic mass is 16.4. The zero-order chi connectivity index (χ0) is 17.8. The van der Waals surface area contributed by atoms with Crippen molar-refractivity contribution in [1.29, 1.82) is 0 Å². The molecule has 25 heavy (non-hydrogen) atoms. The van der Waals surface area contributed by atoms with Gasteiger partial charge < -0.3 is 10.4 Å². The van der Waals surface area contributed by atoms with Gasteiger partial charge in [-0.1, -0.05) is 18.2 Å². The minimum absolute atomic E-state index is 0.0117. The van der Waals surface area contributed by atoms with E-state index in [1.165, 1.54) is 16.8 Å². The molecule has 1 unspecified atom stereocenters. The summed E-state index contributed by atoms with van der Waals surface area (Å²) < 4.78 is 1.53. The molecule has 1 amide bonds. The third-order valence-electron chi connectivity index (χ3n) is 3.47. The summed E-state index contributed by atoms with van der Waals surface area (Å²) in [4.78, 5) is 27.0. The van der Waals surface area contributed by atoms with Crippen LogP contribution in [-0.2, 0) is 0 Å². The fourth-order valence-electron chi connectivity index (χ4n) is 2.21. The van der Waals surface area contributed by atoms with Crippen molar-refractivity contribution in [2.75, 3.05) is 0 Å². The molecule has 0 saturated carbocycles. The van der Waals surface area contributed by atoms with Crippen molar-refractivity contribution in [1.82, 2.24) is 30.5 Å². The average Bonchev–Trinajstić information content (AvgIpc) is 3.12. The molecule has 0 fully saturated rings. The smallest absolute Gasteiger partial charge is 0.337 e. The maximum atomic E-state index is 12.3. The first-order valence-electron chi connectivity index (χ1n) is 7.40. The monoisotopic (exact) mass is 338 g/mol. The number of tetrazole rings is 1. The lowest BCUT2D eigenvalue weighted by atomic mass is 10.2. The number of aromatic nitrogens is 5. The quantitative estimate of drug-likeness (QED) is 0.717. The lowest BCUT2D eigenvalue weighted by Gasteiger charge is -2.13. The number of carbonyl (C=O) groups excluding carboxylic acids is 1. The molecule has 1 aromatic carbocycles. The van der Waals surface area contributed by atoms with Crippen LogP contribution in [-0.4, -0.2) is 42.2 Å². The van der Waals surface area contributed by atoms with Gasteiger partial charge in [0.15, 0.2) is 5.82 Å². The summed E-state index contributed by atoms with van der Waals surface area (Å²) in [5.74, 6) is -1.09. The molecule has 2 heterocycles. The first-order valence-corrected chi connectivity index (χ1v) is 7.40. The van der Waals surface area contributed by atoms with Crippen molar-refractivity contribution >= 4 is 11.9 Å². The number of nitrogens with one attached hydrogen (secondary N) is 1. The predicted molar refractivity (Wildman–Crippen MR) is 86.2 cm³/mol. The highest BCUT2D eigenvalue weighted by Gasteiger charge is 2.19. The van der Waals surface area contributed by atoms with Gasteiger partial charge in [-0.25, -0.2) is 4.79 Å². The van der Waals surface area contributed by atoms with Crippen LogP contribution in [0.2, 0.25) is 0 Å². The number of para-hydroxylation sites is 1. The third-order valence-corrected chi connectivity index (χ3v) is 3.47. The zero-order valence-corrected chi connectivity index (χ0v) is 13.2. The van der Waals surface area contributed by atoms with Gasteiger partial charge in [0, 0.05) is 6.20 Å². The molecule has 9 nitrogen and oxygen atoms in total. The Morgan fingerprint density at radius 1 is 1.16 bits per heavy atom. The van der Waals surface area contributed by atoms with Crippen LogP contribution in [0.5, 0.6) is 0 Å². The number of hydrogen-bond donors (Lipinski definition) is 2. The number of carbonyl (C=O) groups is 2. The second kappa shape index (κ2) is 6.87. The van der Waals surface area contributed by atoms with Gasteiger partial charge >= 0.3 is 5.97 Å². The maximum absolute atomic E-state index is 12.3. The van der Waals surface area contributed by atoms with Crippen LogP contribution >= 0.6 is 0 Å². The zero-order valence-electron chi connectivity index (χ0n) is 13.2. The van der Waals surface area contributed by atoms with E-state index in [0.717, 1.165) is 11.9 Å². The summed E-state index contributed by atoms with van der Waals surface area (Å²) >= 11 is 0. The Balaban J connectivity index is 1.76. The van der Waals surface area contributed by atoms with Crippen molar-refractivity contribution in [3.63, 3.8) is 0 Å². The fourth-order valence-corrected chi connectivity index (χ4v) is 2.21. The summed E-state index contributed by atoms with van der Waals surface area (Å²) in [7, 11) is 0. The second-order valence-electron chi connectivity index (χ2n) is 5.22. The number of aromatic carboxylic acids is 1. The maximum Gasteiger partial charge on any atom is 0.337 e. The van der Waals surface area contributed by atoms with Gasteiger partial charge in [-0.2, -0.15) is 4.68 Å². The minimum Gasteiger partial charge on any atom is -0.478 e. The Morgan fingerprint density at radius 2 is 1.92 bits per heavy atom. The van der Waals surface area contributed by atoms with E-state index in [9.17, 15) is 9.59 Å². The Kier molecular flexibility index (Phi) is 4.46. The molecular formula is C16H14N6O3. The molecular weight excluding hydrogens is 324 g/mol. The Labute approximate surface area is 142 Å². The van der Waals surface area contributed by atoms with Crippen LogP contribution < -0.4 is 5.32 Å². The molecule has 0 aliphatic heterocycles. The minimum atomic E-state index is -1.10. The SMILES string of the molecule is CC(NC(=O)c1ccc(C(=O)O)cn1)c1nnnn1-c1ccccc1. The van der Waals surface area contributed by atoms with Gasteiger partial charge in [-0.05, 0) is 41.6 Å². The lowest BCUT2D eigenvalue weighted by Crippen LogP contribution is -2.29. The molecule has 3 rings (SSSR count). The van der Waals surface area contributed by atoms with Crippen molar-refractivity contribution in [2.45, 2.75) is 13.0 Å². The van der Waals surface area contributed by atoms with Crippen LogP contribution in [0.25, 0.3) is 5.69 Å². The van der Waals surface area contributed by atoms with E-state index in [4.69, 9.17) is 5.11 Å². The molecule has 0 aliphatic carbocycles. The van der Waals surface area contributed by atoms with Crippen LogP contribution in [0.1, 0.15) is 39.6 Å². The van der Waals surface area contributed by atoms with E-state index in [0.29, 0.717) is 5.82 Å². The third kappa shape index (κ3) is 3.50. The average molecular weight is 338 g/mol. The molecule has 3 aromatic rings. The van der Waals surface area contributed by atoms with Gasteiger partial charge in [0.2, 0.25) is 0 Å². The molecule has 2 N–H and O–H groups in total. The largest absolute Gasteiger partial charge is 0.478 e. The second-order valence-corrected chi connectivity index (χ2v) is 5.22. The molecule has 126 valence electrons. The fraction of sp³-hybridized carbons (Fsp3) is 0.125. The van der Waals surface area contributed by atoms with Crippen LogP contribution in [0.4, 0.5) is 0 Å². The van der Waals surface area contributed by atoms with Crippen molar-refractivity contribution in [3.8, 4) is 5.69 Å². The first kappa shape index (κ1) is 16.2. The van der Waals surface area contributed by atoms with Gasteiger partial charge in [-0.3, -0.25) is 9.78 Å². The molecule has 0 radical (unpaired) electrons. The van der Waals surface area contributed by atoms with Crippen LogP contribution in [0.15, 0.2) is 48.7 Å². The summed E-state index contributed by atoms with van der Waals surface area (Å²) in [6.07, 6.45) is 1.13. The predicted octanol–water partition coefficient (Wildman–Crippen LogP) is 1.25. The van der Waals surface area contributed by atoms with Gasteiger partial charge in [-0.15, -0.1) is 5.10 Å². The van der Waals surface area contributed by atoms with Gasteiger partial charge in [0.25, 0.3) is 5.91 Å². The Morgan fingerprint density at radius 3 is 2.56 bits per heavy atom. The number of nitrogens with zero attached hydrogens (tertiary/aromatic N) is 5. The molecule has 2 aromatic heterocycles. The molecule has 0 spiro atoms. The number of carboxylic acids is 1. The highest BCUT2D eigenvalue weighted by Crippen LogP contribution is 2.14. The first-order chi connectivity index (χ1) is 12.1. The van der Waals surface area contributed by atoms with E-state index in [2.05, 4.69) is 25.8 Å². The van der Waals surface area contributed by atoms with Crippen molar-refractivity contribution in [3.05, 3.63) is 65.7 Å². The Hall–Kier alpha value is -3.62. The topological polar surface area (TPSA) is 123 Å². The molecule has 9 heteroatoms. The van der Waals surface area contributed by atoms with E-state index < -0.39 is 17.9 Å². The normalized spacial score (nSPS) is 11.7. The summed E-state index contributed by atoms with van der Waals surface area (Å²) in [5, 5.41) is 23.2. The number of rotatable bonds is 5. The van der Waals surface area contributed by atoms with Crippen molar-refractivity contribution < 1.29 is 14.7 Å². The molecule has 0 bridgehead atoms. The summed E-state index contributed by atoms with van der Waals surface area (Å²) in [5.41, 5.74) is 0.890. The van der Waals surface area contributed by atoms with Crippen molar-refractivity contribution in [2.24, 2.45) is 0 Å².